The van der Waals surface area contributed by atoms with Gasteiger partial charge in [0.05, 0.1) is 18.9 Å². The van der Waals surface area contributed by atoms with E-state index in [0.29, 0.717) is 49.4 Å². The number of guanidine groups is 1. The first kappa shape index (κ1) is 112. The number of thioether (sulfide) groups is 3. The third-order valence-corrected chi connectivity index (χ3v) is 22.3. The minimum Gasteiger partial charge on any atom is -0.480 e. The molecule has 0 aromatic heterocycles. The topological polar surface area (TPSA) is 688 Å². The van der Waals surface area contributed by atoms with Gasteiger partial charge in [0.15, 0.2) is 5.96 Å². The first-order valence-corrected chi connectivity index (χ1v) is 46.0. The molecule has 0 aromatic carbocycles. The summed E-state index contributed by atoms with van der Waals surface area (Å²) < 4.78 is 0. The highest BCUT2D eigenvalue weighted by molar-refractivity contribution is 7.99. The second kappa shape index (κ2) is 60.3. The molecule has 42 nitrogen and oxygen atoms in total. The van der Waals surface area contributed by atoms with Gasteiger partial charge < -0.3 is 124 Å². The van der Waals surface area contributed by atoms with Crippen molar-refractivity contribution < 1.29 is 96.5 Å². The van der Waals surface area contributed by atoms with Crippen molar-refractivity contribution in [2.24, 2.45) is 63.1 Å². The van der Waals surface area contributed by atoms with Crippen LogP contribution in [0.1, 0.15) is 191 Å². The monoisotopic (exact) mass is 1800 g/mol. The minimum absolute atomic E-state index is 0.000690. The fraction of sp³-hybridized carbons (Fsp3) is 0.756. The number of nitrogens with zero attached hydrogens (tertiary/aromatic N) is 2. The summed E-state index contributed by atoms with van der Waals surface area (Å²) in [5.41, 5.74) is 33.9. The van der Waals surface area contributed by atoms with Crippen LogP contribution in [0.25, 0.3) is 0 Å². The van der Waals surface area contributed by atoms with Gasteiger partial charge in [-0.1, -0.05) is 68.2 Å². The van der Waals surface area contributed by atoms with Crippen LogP contribution in [0.2, 0.25) is 0 Å². The van der Waals surface area contributed by atoms with Gasteiger partial charge in [0.25, 0.3) is 0 Å². The summed E-state index contributed by atoms with van der Waals surface area (Å²) in [5.74, 6) is -16.8. The fourth-order valence-corrected chi connectivity index (χ4v) is 14.4. The van der Waals surface area contributed by atoms with Gasteiger partial charge in [-0.05, 0) is 183 Å². The fourth-order valence-electron chi connectivity index (χ4n) is 13.0. The number of aliphatic carboxylic acids is 1. The van der Waals surface area contributed by atoms with Crippen LogP contribution in [0.4, 0.5) is 0 Å². The average molecular weight is 1800 g/mol. The number of carbonyl (C=O) groups excluding carboxylic acids is 17. The molecule has 0 unspecified atom stereocenters. The van der Waals surface area contributed by atoms with Crippen molar-refractivity contribution in [2.75, 3.05) is 62.2 Å². The molecule has 0 bridgehead atoms. The molecular formula is C78H140N22O20S3. The highest BCUT2D eigenvalue weighted by atomic mass is 32.2. The number of hydrogen-bond donors (Lipinski definition) is 22. The average Bonchev–Trinajstić information content (AvgIpc) is 1.81. The Morgan fingerprint density at radius 1 is 0.431 bits per heavy atom. The Morgan fingerprint density at radius 2 is 0.780 bits per heavy atom. The van der Waals surface area contributed by atoms with Gasteiger partial charge in [-0.25, -0.2) is 4.79 Å². The zero-order valence-corrected chi connectivity index (χ0v) is 75.8. The zero-order valence-electron chi connectivity index (χ0n) is 73.3. The molecule has 1 aliphatic heterocycles. The van der Waals surface area contributed by atoms with E-state index in [4.69, 9.17) is 34.4 Å². The molecule has 18 atom stereocenters. The number of carboxylic acid groups (broad SMARTS) is 1. The summed E-state index contributed by atoms with van der Waals surface area (Å²) >= 11 is 4.06. The Bertz CT molecular complexity index is 3490. The number of likely N-dealkylation sites (tertiary alicyclic amines) is 1. The number of primary amides is 2. The molecule has 1 saturated heterocycles. The normalized spacial score (nSPS) is 16.6. The maximum atomic E-state index is 14.9. The summed E-state index contributed by atoms with van der Waals surface area (Å²) in [7, 11) is 0. The number of nitrogens with one attached hydrogen (secondary N) is 14. The van der Waals surface area contributed by atoms with Crippen LogP contribution < -0.4 is 109 Å². The van der Waals surface area contributed by atoms with Crippen molar-refractivity contribution in [3.05, 3.63) is 0 Å². The second-order valence-corrected chi connectivity index (χ2v) is 34.5. The SMILES string of the molecule is CC[C@H](C)[C@H](NC(=O)[C@H](CC(C)C)NC(=O)[C@H](CCCCN)NC(=O)[C@H](CCSC)NC(=O)[C@H](CC(C)C)NC(=O)[C@@H]1CCCN1C(=O)[C@H](CC(N)=O)NC(=O)[C@@H](NC(=O)[C@H](CCCCN)NC(=O)[C@H](CCCN=C(N)N)NC(=O)[C@H](CCSC)NC(=O)[C@H](C)NC(=O)[C@@H](NC(=O)[C@H](CCSC)NC=O)[C@@H](C)O)[C@@H](C)CC)C(=O)N[C@@H](CC(N)=O)C(=O)O. The van der Waals surface area contributed by atoms with Gasteiger partial charge in [0.1, 0.15) is 90.6 Å². The third-order valence-electron chi connectivity index (χ3n) is 20.4. The van der Waals surface area contributed by atoms with E-state index in [1.165, 1.54) is 49.1 Å². The number of carboxylic acids is 1. The number of aliphatic hydroxyl groups excluding tert-OH is 1. The summed E-state index contributed by atoms with van der Waals surface area (Å²) in [6, 6.07) is -21.2. The molecule has 1 fully saturated rings. The van der Waals surface area contributed by atoms with Gasteiger partial charge in [-0.15, -0.1) is 0 Å². The lowest BCUT2D eigenvalue weighted by Crippen LogP contribution is -2.62. The predicted molar refractivity (Wildman–Crippen MR) is 468 cm³/mol. The number of hydrogen-bond acceptors (Lipinski definition) is 25. The molecule has 17 amide bonds. The summed E-state index contributed by atoms with van der Waals surface area (Å²) in [4.78, 5) is 253. The molecule has 0 aromatic rings. The van der Waals surface area contributed by atoms with E-state index < -0.39 is 222 Å². The molecule has 0 saturated carbocycles. The molecular weight excluding hydrogens is 1660 g/mol. The Hall–Kier alpha value is -9.34. The zero-order chi connectivity index (χ0) is 93.3. The van der Waals surface area contributed by atoms with E-state index in [0.717, 1.165) is 4.90 Å². The van der Waals surface area contributed by atoms with Crippen molar-refractivity contribution in [3.8, 4) is 0 Å². The standard InChI is InChI=1S/C78H140N22O20S3/c1-14-43(7)60(97-69(111)49(23-17-19-30-80)90-65(107)50(24-20-31-85-78(83)84)91-67(109)51(27-34-122-12)88-63(105)45(9)87-75(117)62(46(10)102)99-64(106)47(86-40-101)26-33-121-11)73(115)95-55(38-58(81)103)76(118)100-32-21-25-57(100)72(114)94-53(36-41(3)4)70(112)92-52(28-35-123-13)68(110)89-48(22-16-18-29-79)66(108)93-54(37-42(5)6)71(113)98-61(44(8)15-2)74(116)96-56(77(119)120)39-59(82)104/h40-57,60-62,102H,14-39,79-80H2,1-13H3,(H2,81,103)(H2,82,104)(H,86,101)(H,87,117)(H,88,105)(H,89,110)(H,90,107)(H,91,109)(H,92,112)(H,93,108)(H,94,114)(H,95,115)(H,96,116)(H,97,111)(H,98,113)(H,99,106)(H,119,120)(H4,83,84,85)/t43-,44-,45-,46+,47-,48-,49-,50-,51-,52-,53-,54-,55-,56-,57-,60-,61-,62-/m0/s1. The van der Waals surface area contributed by atoms with Crippen molar-refractivity contribution in [1.82, 2.24) is 79.3 Å². The van der Waals surface area contributed by atoms with E-state index in [1.54, 1.807) is 74.2 Å². The number of rotatable bonds is 64. The van der Waals surface area contributed by atoms with E-state index in [9.17, 15) is 96.5 Å². The molecule has 28 N–H and O–H groups in total. The summed E-state index contributed by atoms with van der Waals surface area (Å²) in [5, 5.41) is 56.6. The van der Waals surface area contributed by atoms with E-state index >= 15 is 0 Å². The van der Waals surface area contributed by atoms with Crippen LogP contribution in [-0.4, -0.2) is 287 Å². The van der Waals surface area contributed by atoms with E-state index in [2.05, 4.69) is 79.4 Å². The molecule has 123 heavy (non-hydrogen) atoms. The second-order valence-electron chi connectivity index (χ2n) is 31.6. The quantitative estimate of drug-likeness (QED) is 0.0118. The third kappa shape index (κ3) is 42.3. The van der Waals surface area contributed by atoms with Crippen molar-refractivity contribution >= 4 is 148 Å². The largest absolute Gasteiger partial charge is 0.480 e. The van der Waals surface area contributed by atoms with Crippen molar-refractivity contribution in [1.29, 1.82) is 0 Å². The van der Waals surface area contributed by atoms with Gasteiger partial charge >= 0.3 is 5.97 Å². The first-order chi connectivity index (χ1) is 58.0. The van der Waals surface area contributed by atoms with Crippen LogP contribution in [0.15, 0.2) is 4.99 Å². The highest BCUT2D eigenvalue weighted by Crippen LogP contribution is 2.23. The molecule has 0 aliphatic carbocycles. The molecule has 1 rings (SSSR count). The van der Waals surface area contributed by atoms with Gasteiger partial charge in [0, 0.05) is 13.1 Å². The van der Waals surface area contributed by atoms with Crippen LogP contribution >= 0.6 is 35.3 Å². The summed E-state index contributed by atoms with van der Waals surface area (Å²) in [6.45, 7) is 16.6. The van der Waals surface area contributed by atoms with Crippen LogP contribution in [0.3, 0.4) is 0 Å². The number of amides is 17. The Kier molecular flexibility index (Phi) is 54.7. The van der Waals surface area contributed by atoms with Crippen LogP contribution in [-0.2, 0) is 86.3 Å². The Morgan fingerprint density at radius 3 is 1.18 bits per heavy atom. The number of carbonyl (C=O) groups is 18. The van der Waals surface area contributed by atoms with Crippen molar-refractivity contribution in [2.45, 2.75) is 288 Å². The van der Waals surface area contributed by atoms with E-state index in [-0.39, 0.29) is 127 Å². The first-order valence-electron chi connectivity index (χ1n) is 41.9. The smallest absolute Gasteiger partial charge is 0.326 e. The lowest BCUT2D eigenvalue weighted by atomic mass is 9.96. The van der Waals surface area contributed by atoms with Gasteiger partial charge in [-0.2, -0.15) is 35.3 Å². The molecule has 0 spiro atoms. The van der Waals surface area contributed by atoms with Gasteiger partial charge in [0.2, 0.25) is 101 Å². The number of unbranched alkanes of at least 4 members (excludes halogenated alkanes) is 2. The number of nitrogens with two attached hydrogens (primary N) is 6. The Balaban J connectivity index is 3.71. The minimum atomic E-state index is -1.74. The predicted octanol–water partition coefficient (Wildman–Crippen LogP) is -4.61. The maximum Gasteiger partial charge on any atom is 0.326 e. The van der Waals surface area contributed by atoms with Crippen molar-refractivity contribution in [3.63, 3.8) is 0 Å². The molecule has 1 heterocycles. The van der Waals surface area contributed by atoms with Gasteiger partial charge in [-0.3, -0.25) is 86.5 Å². The number of aliphatic imine (C=N–C) groups is 1. The molecule has 45 heteroatoms. The highest BCUT2D eigenvalue weighted by Gasteiger charge is 2.43. The lowest BCUT2D eigenvalue weighted by Gasteiger charge is -2.32. The van der Waals surface area contributed by atoms with E-state index in [1.807, 2.05) is 0 Å². The van der Waals surface area contributed by atoms with Crippen LogP contribution in [0.5, 0.6) is 0 Å². The number of aliphatic hydroxyl groups is 1. The Labute approximate surface area is 733 Å². The summed E-state index contributed by atoms with van der Waals surface area (Å²) in [6.07, 6.45) is 4.86. The maximum absolute atomic E-state index is 14.9. The molecule has 700 valence electrons. The lowest BCUT2D eigenvalue weighted by molar-refractivity contribution is -0.144. The van der Waals surface area contributed by atoms with Crippen LogP contribution in [0, 0.1) is 23.7 Å². The molecule has 0 radical (unpaired) electrons. The molecule has 1 aliphatic rings.